The highest BCUT2D eigenvalue weighted by Crippen LogP contribution is 2.35. The Hall–Kier alpha value is -1.06. The number of carbonyl (C=O) groups excluding carboxylic acids is 2. The molecule has 0 aromatic rings. The predicted molar refractivity (Wildman–Crippen MR) is 63.3 cm³/mol. The van der Waals surface area contributed by atoms with Gasteiger partial charge in [-0.25, -0.2) is 0 Å². The first-order valence-electron chi connectivity index (χ1n) is 6.43. The third-order valence-electron chi connectivity index (χ3n) is 3.29. The van der Waals surface area contributed by atoms with Gasteiger partial charge in [0.1, 0.15) is 0 Å². The van der Waals surface area contributed by atoms with Gasteiger partial charge in [0.15, 0.2) is 0 Å². The first-order chi connectivity index (χ1) is 8.10. The summed E-state index contributed by atoms with van der Waals surface area (Å²) in [6.07, 6.45) is 2.42. The maximum atomic E-state index is 11.8. The van der Waals surface area contributed by atoms with Gasteiger partial charge in [0, 0.05) is 0 Å². The summed E-state index contributed by atoms with van der Waals surface area (Å²) in [4.78, 5) is 23.6. The van der Waals surface area contributed by atoms with Gasteiger partial charge in [0.05, 0.1) is 25.0 Å². The first kappa shape index (κ1) is 14.0. The lowest BCUT2D eigenvalue weighted by atomic mass is 9.74. The van der Waals surface area contributed by atoms with E-state index in [4.69, 9.17) is 9.47 Å². The molecule has 1 saturated carbocycles. The van der Waals surface area contributed by atoms with Crippen LogP contribution in [0, 0.1) is 17.8 Å². The molecule has 0 saturated heterocycles. The highest BCUT2D eigenvalue weighted by molar-refractivity contribution is 5.82. The Kier molecular flexibility index (Phi) is 5.45. The first-order valence-corrected chi connectivity index (χ1v) is 6.43. The summed E-state index contributed by atoms with van der Waals surface area (Å²) in [6.45, 7) is 6.39. The Balaban J connectivity index is 2.70. The normalized spacial score (nSPS) is 28.5. The van der Waals surface area contributed by atoms with E-state index in [9.17, 15) is 9.59 Å². The Labute approximate surface area is 103 Å². The van der Waals surface area contributed by atoms with E-state index in [1.807, 2.05) is 0 Å². The van der Waals surface area contributed by atoms with Crippen molar-refractivity contribution in [1.29, 1.82) is 0 Å². The van der Waals surface area contributed by atoms with Gasteiger partial charge in [-0.3, -0.25) is 9.59 Å². The summed E-state index contributed by atoms with van der Waals surface area (Å²) in [5.74, 6) is -0.674. The molecule has 0 aromatic carbocycles. The van der Waals surface area contributed by atoms with Crippen LogP contribution < -0.4 is 0 Å². The molecule has 0 aliphatic heterocycles. The molecule has 0 spiro atoms. The summed E-state index contributed by atoms with van der Waals surface area (Å²) in [5.41, 5.74) is 0. The molecule has 1 aliphatic rings. The fourth-order valence-corrected chi connectivity index (χ4v) is 2.42. The van der Waals surface area contributed by atoms with E-state index in [1.165, 1.54) is 0 Å². The predicted octanol–water partition coefficient (Wildman–Crippen LogP) is 2.17. The van der Waals surface area contributed by atoms with Crippen LogP contribution in [0.4, 0.5) is 0 Å². The van der Waals surface area contributed by atoms with E-state index in [0.717, 1.165) is 19.3 Å². The van der Waals surface area contributed by atoms with Crippen molar-refractivity contribution in [2.75, 3.05) is 13.2 Å². The van der Waals surface area contributed by atoms with Crippen LogP contribution in [-0.4, -0.2) is 25.2 Å². The number of carbonyl (C=O) groups is 2. The van der Waals surface area contributed by atoms with Crippen LogP contribution in [0.5, 0.6) is 0 Å². The second kappa shape index (κ2) is 6.62. The third kappa shape index (κ3) is 3.72. The van der Waals surface area contributed by atoms with Gasteiger partial charge in [-0.05, 0) is 39.0 Å². The molecule has 1 aliphatic carbocycles. The number of esters is 2. The second-order valence-corrected chi connectivity index (χ2v) is 4.64. The number of ether oxygens (including phenoxy) is 2. The van der Waals surface area contributed by atoms with Gasteiger partial charge in [0.2, 0.25) is 0 Å². The molecule has 17 heavy (non-hydrogen) atoms. The van der Waals surface area contributed by atoms with Gasteiger partial charge in [-0.15, -0.1) is 0 Å². The molecular weight excluding hydrogens is 220 g/mol. The maximum Gasteiger partial charge on any atom is 0.309 e. The summed E-state index contributed by atoms with van der Waals surface area (Å²) >= 11 is 0. The lowest BCUT2D eigenvalue weighted by molar-refractivity contribution is -0.163. The molecule has 1 unspecified atom stereocenters. The van der Waals surface area contributed by atoms with Crippen molar-refractivity contribution in [3.63, 3.8) is 0 Å². The van der Waals surface area contributed by atoms with Crippen molar-refractivity contribution in [1.82, 2.24) is 0 Å². The minimum absolute atomic E-state index is 0.252. The standard InChI is InChI=1S/C13H22O4/c1-4-16-12(14)10-7-6-9(3)8-11(10)13(15)17-5-2/h9-11H,4-8H2,1-3H3/t9?,10-,11+/m0/s1. The van der Waals surface area contributed by atoms with Crippen LogP contribution in [0.2, 0.25) is 0 Å². The third-order valence-corrected chi connectivity index (χ3v) is 3.29. The summed E-state index contributed by atoms with van der Waals surface area (Å²) in [5, 5.41) is 0. The van der Waals surface area contributed by atoms with Crippen molar-refractivity contribution in [3.8, 4) is 0 Å². The SMILES string of the molecule is CCOC(=O)[C@H]1CCC(C)C[C@H]1C(=O)OCC. The quantitative estimate of drug-likeness (QED) is 0.709. The molecule has 1 fully saturated rings. The Morgan fingerprint density at radius 1 is 1.00 bits per heavy atom. The minimum atomic E-state index is -0.322. The van der Waals surface area contributed by atoms with Gasteiger partial charge in [-0.1, -0.05) is 6.92 Å². The molecule has 0 N–H and O–H groups in total. The average Bonchev–Trinajstić information content (AvgIpc) is 2.29. The molecule has 0 aromatic heterocycles. The van der Waals surface area contributed by atoms with Gasteiger partial charge in [-0.2, -0.15) is 0 Å². The molecule has 0 heterocycles. The lowest BCUT2D eigenvalue weighted by Gasteiger charge is -2.31. The monoisotopic (exact) mass is 242 g/mol. The number of hydrogen-bond acceptors (Lipinski definition) is 4. The Bertz CT molecular complexity index is 275. The maximum absolute atomic E-state index is 11.8. The molecular formula is C13H22O4. The van der Waals surface area contributed by atoms with Crippen molar-refractivity contribution in [2.45, 2.75) is 40.0 Å². The van der Waals surface area contributed by atoms with Crippen LogP contribution >= 0.6 is 0 Å². The van der Waals surface area contributed by atoms with E-state index in [2.05, 4.69) is 6.92 Å². The van der Waals surface area contributed by atoms with E-state index >= 15 is 0 Å². The van der Waals surface area contributed by atoms with Gasteiger partial charge in [0.25, 0.3) is 0 Å². The van der Waals surface area contributed by atoms with E-state index in [-0.39, 0.29) is 23.8 Å². The Morgan fingerprint density at radius 2 is 1.53 bits per heavy atom. The topological polar surface area (TPSA) is 52.6 Å². The van der Waals surface area contributed by atoms with Crippen molar-refractivity contribution >= 4 is 11.9 Å². The number of rotatable bonds is 4. The molecule has 0 radical (unpaired) electrons. The van der Waals surface area contributed by atoms with Crippen LogP contribution in [0.3, 0.4) is 0 Å². The molecule has 4 nitrogen and oxygen atoms in total. The summed E-state index contributed by atoms with van der Waals surface area (Å²) in [6, 6.07) is 0. The minimum Gasteiger partial charge on any atom is -0.466 e. The van der Waals surface area contributed by atoms with Crippen molar-refractivity contribution in [2.24, 2.45) is 17.8 Å². The van der Waals surface area contributed by atoms with Crippen LogP contribution in [0.1, 0.15) is 40.0 Å². The molecule has 98 valence electrons. The lowest BCUT2D eigenvalue weighted by Crippen LogP contribution is -2.37. The summed E-state index contributed by atoms with van der Waals surface area (Å²) < 4.78 is 10.1. The van der Waals surface area contributed by atoms with Gasteiger partial charge >= 0.3 is 11.9 Å². The molecule has 0 amide bonds. The zero-order valence-electron chi connectivity index (χ0n) is 10.9. The average molecular weight is 242 g/mol. The highest BCUT2D eigenvalue weighted by atomic mass is 16.5. The Morgan fingerprint density at radius 3 is 2.06 bits per heavy atom. The highest BCUT2D eigenvalue weighted by Gasteiger charge is 2.39. The number of hydrogen-bond donors (Lipinski definition) is 0. The summed E-state index contributed by atoms with van der Waals surface area (Å²) in [7, 11) is 0. The molecule has 4 heteroatoms. The zero-order chi connectivity index (χ0) is 12.8. The van der Waals surface area contributed by atoms with E-state index in [0.29, 0.717) is 19.1 Å². The smallest absolute Gasteiger partial charge is 0.309 e. The second-order valence-electron chi connectivity index (χ2n) is 4.64. The molecule has 1 rings (SSSR count). The fraction of sp³-hybridized carbons (Fsp3) is 0.846. The van der Waals surface area contributed by atoms with Crippen molar-refractivity contribution in [3.05, 3.63) is 0 Å². The van der Waals surface area contributed by atoms with Crippen LogP contribution in [-0.2, 0) is 19.1 Å². The van der Waals surface area contributed by atoms with E-state index < -0.39 is 0 Å². The van der Waals surface area contributed by atoms with E-state index in [1.54, 1.807) is 13.8 Å². The fourth-order valence-electron chi connectivity index (χ4n) is 2.42. The molecule has 0 bridgehead atoms. The zero-order valence-corrected chi connectivity index (χ0v) is 10.9. The largest absolute Gasteiger partial charge is 0.466 e. The van der Waals surface area contributed by atoms with Crippen molar-refractivity contribution < 1.29 is 19.1 Å². The van der Waals surface area contributed by atoms with Crippen LogP contribution in [0.15, 0.2) is 0 Å². The van der Waals surface area contributed by atoms with Gasteiger partial charge < -0.3 is 9.47 Å². The van der Waals surface area contributed by atoms with Crippen LogP contribution in [0.25, 0.3) is 0 Å². The molecule has 3 atom stereocenters.